The van der Waals surface area contributed by atoms with Gasteiger partial charge < -0.3 is 4.90 Å². The van der Waals surface area contributed by atoms with E-state index < -0.39 is 0 Å². The molecule has 0 saturated carbocycles. The van der Waals surface area contributed by atoms with Gasteiger partial charge in [-0.1, -0.05) is 0 Å². The fourth-order valence-corrected chi connectivity index (χ4v) is 1.73. The Kier molecular flexibility index (Phi) is 2.77. The van der Waals surface area contributed by atoms with E-state index in [2.05, 4.69) is 11.2 Å². The number of carbonyl (C=O) groups is 1. The van der Waals surface area contributed by atoms with E-state index in [9.17, 15) is 4.79 Å². The first-order chi connectivity index (χ1) is 6.88. The number of hydrogen-bond acceptors (Lipinski definition) is 2. The lowest BCUT2D eigenvalue weighted by Crippen LogP contribution is -2.35. The van der Waals surface area contributed by atoms with Crippen LogP contribution in [0.2, 0.25) is 0 Å². The molecule has 2 heterocycles. The average molecular weight is 189 g/mol. The third kappa shape index (κ3) is 1.92. The Hall–Kier alpha value is -1.38. The van der Waals surface area contributed by atoms with Crippen molar-refractivity contribution in [3.8, 4) is 0 Å². The Morgan fingerprint density at radius 1 is 1.36 bits per heavy atom. The van der Waals surface area contributed by atoms with Gasteiger partial charge in [-0.25, -0.2) is 0 Å². The molecule has 0 aliphatic carbocycles. The van der Waals surface area contributed by atoms with Crippen molar-refractivity contribution in [1.82, 2.24) is 9.88 Å². The molecule has 1 aliphatic heterocycles. The van der Waals surface area contributed by atoms with Crippen LogP contribution in [-0.2, 0) is 0 Å². The van der Waals surface area contributed by atoms with Crippen LogP contribution in [0.4, 0.5) is 0 Å². The van der Waals surface area contributed by atoms with Crippen LogP contribution in [-0.4, -0.2) is 28.9 Å². The molecule has 1 fully saturated rings. The minimum Gasteiger partial charge on any atom is -0.339 e. The maximum Gasteiger partial charge on any atom is 0.255 e. The van der Waals surface area contributed by atoms with Crippen molar-refractivity contribution < 1.29 is 4.79 Å². The van der Waals surface area contributed by atoms with Crippen LogP contribution in [0.3, 0.4) is 0 Å². The summed E-state index contributed by atoms with van der Waals surface area (Å²) in [6.07, 6.45) is 7.74. The minimum atomic E-state index is 0.103. The van der Waals surface area contributed by atoms with Crippen LogP contribution < -0.4 is 0 Å². The van der Waals surface area contributed by atoms with Crippen molar-refractivity contribution >= 4 is 5.91 Å². The fraction of sp³-hybridized carbons (Fsp3) is 0.455. The maximum absolute atomic E-state index is 11.9. The topological polar surface area (TPSA) is 33.2 Å². The first-order valence-corrected chi connectivity index (χ1v) is 4.99. The number of carbonyl (C=O) groups excluding carboxylic acids is 1. The molecule has 0 aromatic carbocycles. The number of amides is 1. The van der Waals surface area contributed by atoms with E-state index in [1.54, 1.807) is 18.3 Å². The van der Waals surface area contributed by atoms with Gasteiger partial charge >= 0.3 is 0 Å². The van der Waals surface area contributed by atoms with Crippen LogP contribution in [0.5, 0.6) is 0 Å². The predicted molar refractivity (Wildman–Crippen MR) is 52.8 cm³/mol. The Morgan fingerprint density at radius 2 is 2.14 bits per heavy atom. The van der Waals surface area contributed by atoms with E-state index in [-0.39, 0.29) is 5.91 Å². The van der Waals surface area contributed by atoms with Crippen LogP contribution in [0.15, 0.2) is 18.3 Å². The van der Waals surface area contributed by atoms with Crippen molar-refractivity contribution in [3.05, 3.63) is 30.1 Å². The van der Waals surface area contributed by atoms with Crippen molar-refractivity contribution in [2.75, 3.05) is 13.1 Å². The normalized spacial score (nSPS) is 16.7. The lowest BCUT2D eigenvalue weighted by molar-refractivity contribution is 0.0724. The molecule has 1 aromatic heterocycles. The van der Waals surface area contributed by atoms with Gasteiger partial charge in [-0.05, 0) is 31.4 Å². The Balaban J connectivity index is 2.07. The molecule has 0 unspecified atom stereocenters. The van der Waals surface area contributed by atoms with Gasteiger partial charge in [0.1, 0.15) is 0 Å². The van der Waals surface area contributed by atoms with Crippen molar-refractivity contribution in [1.29, 1.82) is 0 Å². The number of piperidine rings is 1. The summed E-state index contributed by atoms with van der Waals surface area (Å²) in [7, 11) is 0. The van der Waals surface area contributed by atoms with Crippen molar-refractivity contribution in [3.63, 3.8) is 0 Å². The quantitative estimate of drug-likeness (QED) is 0.671. The second-order valence-corrected chi connectivity index (χ2v) is 3.53. The molecule has 3 nitrogen and oxygen atoms in total. The van der Waals surface area contributed by atoms with Crippen LogP contribution in [0.1, 0.15) is 29.6 Å². The summed E-state index contributed by atoms with van der Waals surface area (Å²) in [4.78, 5) is 17.6. The van der Waals surface area contributed by atoms with Crippen molar-refractivity contribution in [2.45, 2.75) is 19.3 Å². The first kappa shape index (κ1) is 9.19. The van der Waals surface area contributed by atoms with Gasteiger partial charge in [0, 0.05) is 19.3 Å². The first-order valence-electron chi connectivity index (χ1n) is 4.99. The molecule has 0 atom stereocenters. The largest absolute Gasteiger partial charge is 0.339 e. The predicted octanol–water partition coefficient (Wildman–Crippen LogP) is 1.51. The van der Waals surface area contributed by atoms with Gasteiger partial charge in [0.15, 0.2) is 0 Å². The van der Waals surface area contributed by atoms with E-state index in [1.165, 1.54) is 6.42 Å². The monoisotopic (exact) mass is 189 g/mol. The highest BCUT2D eigenvalue weighted by molar-refractivity contribution is 5.93. The highest BCUT2D eigenvalue weighted by Gasteiger charge is 2.17. The van der Waals surface area contributed by atoms with Crippen LogP contribution in [0, 0.1) is 6.20 Å². The molecule has 1 aromatic rings. The van der Waals surface area contributed by atoms with E-state index in [4.69, 9.17) is 0 Å². The fourth-order valence-electron chi connectivity index (χ4n) is 1.73. The van der Waals surface area contributed by atoms with Gasteiger partial charge in [-0.2, -0.15) is 0 Å². The molecule has 2 rings (SSSR count). The SMILES string of the molecule is O=C(c1cc[c]nc1)N1CCCCC1. The van der Waals surface area contributed by atoms with Crippen LogP contribution >= 0.6 is 0 Å². The molecule has 0 spiro atoms. The molecule has 73 valence electrons. The average Bonchev–Trinajstić information content (AvgIpc) is 2.30. The van der Waals surface area contributed by atoms with Crippen molar-refractivity contribution in [2.24, 2.45) is 0 Å². The molecular weight excluding hydrogens is 176 g/mol. The molecule has 1 radical (unpaired) electrons. The second kappa shape index (κ2) is 4.22. The van der Waals surface area contributed by atoms with Crippen LogP contribution in [0.25, 0.3) is 0 Å². The highest BCUT2D eigenvalue weighted by Crippen LogP contribution is 2.11. The Morgan fingerprint density at radius 3 is 2.79 bits per heavy atom. The van der Waals surface area contributed by atoms with E-state index in [1.807, 2.05) is 4.90 Å². The molecule has 0 N–H and O–H groups in total. The Bertz CT molecular complexity index is 304. The number of likely N-dealkylation sites (tertiary alicyclic amines) is 1. The van der Waals surface area contributed by atoms with Gasteiger partial charge in [-0.3, -0.25) is 9.78 Å². The Labute approximate surface area is 83.8 Å². The number of rotatable bonds is 1. The zero-order chi connectivity index (χ0) is 9.80. The molecular formula is C11H13N2O. The summed E-state index contributed by atoms with van der Waals surface area (Å²) >= 11 is 0. The van der Waals surface area contributed by atoms with Gasteiger partial charge in [-0.15, -0.1) is 0 Å². The maximum atomic E-state index is 11.9. The third-order valence-corrected chi connectivity index (χ3v) is 2.51. The third-order valence-electron chi connectivity index (χ3n) is 2.51. The summed E-state index contributed by atoms with van der Waals surface area (Å²) in [5, 5.41) is 0. The summed E-state index contributed by atoms with van der Waals surface area (Å²) in [6.45, 7) is 1.77. The number of pyridine rings is 1. The summed E-state index contributed by atoms with van der Waals surface area (Å²) in [6, 6.07) is 3.45. The minimum absolute atomic E-state index is 0.103. The van der Waals surface area contributed by atoms with Gasteiger partial charge in [0.25, 0.3) is 5.91 Å². The molecule has 14 heavy (non-hydrogen) atoms. The van der Waals surface area contributed by atoms with E-state index >= 15 is 0 Å². The van der Waals surface area contributed by atoms with Gasteiger partial charge in [0.2, 0.25) is 0 Å². The second-order valence-electron chi connectivity index (χ2n) is 3.53. The number of aromatic nitrogens is 1. The smallest absolute Gasteiger partial charge is 0.255 e. The summed E-state index contributed by atoms with van der Waals surface area (Å²) in [5.41, 5.74) is 0.672. The van der Waals surface area contributed by atoms with E-state index in [0.29, 0.717) is 5.56 Å². The lowest BCUT2D eigenvalue weighted by atomic mass is 10.1. The molecule has 0 bridgehead atoms. The number of nitrogens with zero attached hydrogens (tertiary/aromatic N) is 2. The summed E-state index contributed by atoms with van der Waals surface area (Å²) < 4.78 is 0. The molecule has 1 aliphatic rings. The number of hydrogen-bond donors (Lipinski definition) is 0. The van der Waals surface area contributed by atoms with Gasteiger partial charge in [0.05, 0.1) is 11.8 Å². The standard InChI is InChI=1S/C11H13N2O/c14-11(10-5-4-6-12-9-10)13-7-2-1-3-8-13/h4-5,9H,1-3,7-8H2. The highest BCUT2D eigenvalue weighted by atomic mass is 16.2. The molecule has 3 heteroatoms. The lowest BCUT2D eigenvalue weighted by Gasteiger charge is -2.26. The zero-order valence-corrected chi connectivity index (χ0v) is 8.07. The zero-order valence-electron chi connectivity index (χ0n) is 8.07. The summed E-state index contributed by atoms with van der Waals surface area (Å²) in [5.74, 6) is 0.103. The molecule has 1 amide bonds. The molecule has 1 saturated heterocycles. The van der Waals surface area contributed by atoms with E-state index in [0.717, 1.165) is 25.9 Å².